The number of aliphatic hydroxyl groups is 1. The Morgan fingerprint density at radius 1 is 1.53 bits per heavy atom. The fourth-order valence-corrected chi connectivity index (χ4v) is 1.71. The summed E-state index contributed by atoms with van der Waals surface area (Å²) >= 11 is 0. The second-order valence-corrected chi connectivity index (χ2v) is 4.13. The van der Waals surface area contributed by atoms with Gasteiger partial charge >= 0.3 is 0 Å². The van der Waals surface area contributed by atoms with Crippen molar-refractivity contribution in [3.63, 3.8) is 0 Å². The van der Waals surface area contributed by atoms with Gasteiger partial charge in [-0.3, -0.25) is 0 Å². The average Bonchev–Trinajstić information content (AvgIpc) is 2.67. The van der Waals surface area contributed by atoms with Crippen molar-refractivity contribution in [1.82, 2.24) is 5.32 Å². The smallest absolute Gasteiger partial charge is 0.126 e. The third-order valence-corrected chi connectivity index (χ3v) is 2.83. The zero-order valence-electron chi connectivity index (χ0n) is 8.78. The van der Waals surface area contributed by atoms with Gasteiger partial charge < -0.3 is 14.8 Å². The molecule has 1 heterocycles. The van der Waals surface area contributed by atoms with Crippen molar-refractivity contribution >= 4 is 6.08 Å². The molecule has 1 aliphatic carbocycles. The van der Waals surface area contributed by atoms with Gasteiger partial charge in [-0.1, -0.05) is 6.08 Å². The highest BCUT2D eigenvalue weighted by Gasteiger charge is 2.33. The number of hydrogen-bond donors (Lipinski definition) is 2. The van der Waals surface area contributed by atoms with Crippen LogP contribution in [0.5, 0.6) is 0 Å². The van der Waals surface area contributed by atoms with Crippen molar-refractivity contribution in [3.05, 3.63) is 30.2 Å². The quantitative estimate of drug-likeness (QED) is 0.724. The topological polar surface area (TPSA) is 45.4 Å². The Kier molecular flexibility index (Phi) is 3.23. The van der Waals surface area contributed by atoms with E-state index < -0.39 is 5.60 Å². The van der Waals surface area contributed by atoms with Crippen LogP contribution in [0.2, 0.25) is 0 Å². The zero-order valence-corrected chi connectivity index (χ0v) is 8.78. The molecule has 2 N–H and O–H groups in total. The van der Waals surface area contributed by atoms with Crippen LogP contribution < -0.4 is 5.32 Å². The summed E-state index contributed by atoms with van der Waals surface area (Å²) in [6.45, 7) is 1.46. The molecule has 2 rings (SSSR count). The summed E-state index contributed by atoms with van der Waals surface area (Å²) in [4.78, 5) is 0. The molecule has 0 aliphatic heterocycles. The molecule has 1 fully saturated rings. The Labute approximate surface area is 89.8 Å². The van der Waals surface area contributed by atoms with E-state index in [1.807, 2.05) is 24.3 Å². The number of rotatable bonds is 5. The van der Waals surface area contributed by atoms with Gasteiger partial charge in [0.25, 0.3) is 0 Å². The first-order valence-corrected chi connectivity index (χ1v) is 5.42. The van der Waals surface area contributed by atoms with Crippen LogP contribution in [0.15, 0.2) is 28.9 Å². The third kappa shape index (κ3) is 2.94. The summed E-state index contributed by atoms with van der Waals surface area (Å²) in [7, 11) is 0. The third-order valence-electron chi connectivity index (χ3n) is 2.83. The lowest BCUT2D eigenvalue weighted by molar-refractivity contribution is -0.0305. The maximum atomic E-state index is 9.79. The van der Waals surface area contributed by atoms with Crippen molar-refractivity contribution < 1.29 is 9.52 Å². The lowest BCUT2D eigenvalue weighted by Crippen LogP contribution is -2.46. The van der Waals surface area contributed by atoms with Crippen LogP contribution in [0.1, 0.15) is 25.0 Å². The second-order valence-electron chi connectivity index (χ2n) is 4.13. The summed E-state index contributed by atoms with van der Waals surface area (Å²) in [6.07, 6.45) is 8.60. The molecular weight excluding hydrogens is 190 g/mol. The number of nitrogens with one attached hydrogen (secondary N) is 1. The molecule has 0 spiro atoms. The summed E-state index contributed by atoms with van der Waals surface area (Å²) in [5.41, 5.74) is -0.432. The molecule has 1 saturated carbocycles. The van der Waals surface area contributed by atoms with Crippen molar-refractivity contribution in [2.24, 2.45) is 0 Å². The average molecular weight is 207 g/mol. The first-order chi connectivity index (χ1) is 7.29. The van der Waals surface area contributed by atoms with Crippen molar-refractivity contribution in [3.8, 4) is 0 Å². The highest BCUT2D eigenvalue weighted by molar-refractivity contribution is 5.42. The van der Waals surface area contributed by atoms with E-state index in [0.717, 1.165) is 31.6 Å². The van der Waals surface area contributed by atoms with Gasteiger partial charge in [0.2, 0.25) is 0 Å². The van der Waals surface area contributed by atoms with E-state index >= 15 is 0 Å². The van der Waals surface area contributed by atoms with Gasteiger partial charge in [-0.05, 0) is 37.5 Å². The first-order valence-electron chi connectivity index (χ1n) is 5.42. The molecule has 0 aromatic carbocycles. The van der Waals surface area contributed by atoms with Crippen LogP contribution in [-0.2, 0) is 0 Å². The Morgan fingerprint density at radius 3 is 3.00 bits per heavy atom. The molecule has 15 heavy (non-hydrogen) atoms. The molecule has 1 aromatic rings. The van der Waals surface area contributed by atoms with E-state index in [1.165, 1.54) is 0 Å². The molecule has 3 nitrogen and oxygen atoms in total. The molecular formula is C12H17NO2. The Hall–Kier alpha value is -1.06. The van der Waals surface area contributed by atoms with Gasteiger partial charge in [0.1, 0.15) is 5.76 Å². The van der Waals surface area contributed by atoms with Crippen LogP contribution in [-0.4, -0.2) is 23.8 Å². The lowest BCUT2D eigenvalue weighted by Gasteiger charge is -2.36. The SMILES string of the molecule is OC1(CNC/C=C/c2ccco2)CCC1. The summed E-state index contributed by atoms with van der Waals surface area (Å²) < 4.78 is 5.15. The number of furan rings is 1. The highest BCUT2D eigenvalue weighted by atomic mass is 16.3. The fourth-order valence-electron chi connectivity index (χ4n) is 1.71. The van der Waals surface area contributed by atoms with Gasteiger partial charge in [0, 0.05) is 13.1 Å². The standard InChI is InChI=1S/C12H17NO2/c14-12(6-3-7-12)10-13-8-1-4-11-5-2-9-15-11/h1-2,4-5,9,13-14H,3,6-8,10H2/b4-1+. The van der Waals surface area contributed by atoms with E-state index in [1.54, 1.807) is 6.26 Å². The van der Waals surface area contributed by atoms with Crippen molar-refractivity contribution in [2.75, 3.05) is 13.1 Å². The molecule has 0 bridgehead atoms. The normalized spacial score (nSPS) is 19.3. The molecule has 0 amide bonds. The second kappa shape index (κ2) is 4.64. The maximum absolute atomic E-state index is 9.79. The van der Waals surface area contributed by atoms with E-state index in [0.29, 0.717) is 6.54 Å². The van der Waals surface area contributed by atoms with Gasteiger partial charge in [-0.15, -0.1) is 0 Å². The lowest BCUT2D eigenvalue weighted by atomic mass is 9.80. The van der Waals surface area contributed by atoms with E-state index in [4.69, 9.17) is 4.42 Å². The van der Waals surface area contributed by atoms with Crippen LogP contribution in [0.3, 0.4) is 0 Å². The molecule has 1 aliphatic rings. The minimum absolute atomic E-state index is 0.432. The zero-order chi connectivity index (χ0) is 10.6. The molecule has 0 radical (unpaired) electrons. The van der Waals surface area contributed by atoms with Crippen LogP contribution >= 0.6 is 0 Å². The molecule has 82 valence electrons. The van der Waals surface area contributed by atoms with E-state index in [2.05, 4.69) is 5.32 Å². The Morgan fingerprint density at radius 2 is 2.40 bits per heavy atom. The van der Waals surface area contributed by atoms with Gasteiger partial charge in [-0.25, -0.2) is 0 Å². The van der Waals surface area contributed by atoms with Crippen LogP contribution in [0, 0.1) is 0 Å². The Balaban J connectivity index is 1.62. The van der Waals surface area contributed by atoms with Crippen molar-refractivity contribution in [1.29, 1.82) is 0 Å². The van der Waals surface area contributed by atoms with Crippen LogP contribution in [0.25, 0.3) is 6.08 Å². The van der Waals surface area contributed by atoms with Gasteiger partial charge in [0.05, 0.1) is 11.9 Å². The highest BCUT2D eigenvalue weighted by Crippen LogP contribution is 2.30. The monoisotopic (exact) mass is 207 g/mol. The van der Waals surface area contributed by atoms with Crippen molar-refractivity contribution in [2.45, 2.75) is 24.9 Å². The summed E-state index contributed by atoms with van der Waals surface area (Å²) in [6, 6.07) is 3.78. The molecule has 0 atom stereocenters. The minimum Gasteiger partial charge on any atom is -0.465 e. The molecule has 3 heteroatoms. The molecule has 0 unspecified atom stereocenters. The largest absolute Gasteiger partial charge is 0.465 e. The van der Waals surface area contributed by atoms with Crippen LogP contribution in [0.4, 0.5) is 0 Å². The van der Waals surface area contributed by atoms with E-state index in [-0.39, 0.29) is 0 Å². The van der Waals surface area contributed by atoms with Gasteiger partial charge in [-0.2, -0.15) is 0 Å². The maximum Gasteiger partial charge on any atom is 0.126 e. The van der Waals surface area contributed by atoms with Gasteiger partial charge in [0.15, 0.2) is 0 Å². The minimum atomic E-state index is -0.432. The molecule has 1 aromatic heterocycles. The fraction of sp³-hybridized carbons (Fsp3) is 0.500. The summed E-state index contributed by atoms with van der Waals surface area (Å²) in [5, 5.41) is 13.0. The Bertz CT molecular complexity index is 312. The predicted octanol–water partition coefficient (Wildman–Crippen LogP) is 1.80. The first kappa shape index (κ1) is 10.5. The van der Waals surface area contributed by atoms with E-state index in [9.17, 15) is 5.11 Å². The number of hydrogen-bond acceptors (Lipinski definition) is 3. The predicted molar refractivity (Wildman–Crippen MR) is 59.4 cm³/mol. The summed E-state index contributed by atoms with van der Waals surface area (Å²) in [5.74, 6) is 0.860. The molecule has 0 saturated heterocycles.